The van der Waals surface area contributed by atoms with Gasteiger partial charge in [-0.25, -0.2) is 0 Å². The van der Waals surface area contributed by atoms with E-state index in [0.717, 1.165) is 17.3 Å². The zero-order chi connectivity index (χ0) is 15.5. The quantitative estimate of drug-likeness (QED) is 0.697. The molecular weight excluding hydrogens is 298 g/mol. The molecule has 0 fully saturated rings. The summed E-state index contributed by atoms with van der Waals surface area (Å²) in [7, 11) is 0. The lowest BCUT2D eigenvalue weighted by atomic mass is 10.1. The number of aryl methyl sites for hydroxylation is 1. The van der Waals surface area contributed by atoms with Crippen LogP contribution in [0.2, 0.25) is 5.02 Å². The van der Waals surface area contributed by atoms with Gasteiger partial charge in [-0.3, -0.25) is 4.79 Å². The molecule has 0 unspecified atom stereocenters. The smallest absolute Gasteiger partial charge is 0.202 e. The number of aromatic amines is 1. The van der Waals surface area contributed by atoms with Crippen molar-refractivity contribution in [1.82, 2.24) is 4.98 Å². The first-order chi connectivity index (χ1) is 10.7. The summed E-state index contributed by atoms with van der Waals surface area (Å²) in [5.41, 5.74) is 2.88. The second-order valence-electron chi connectivity index (χ2n) is 5.06. The van der Waals surface area contributed by atoms with Crippen molar-refractivity contribution in [3.05, 3.63) is 64.8 Å². The van der Waals surface area contributed by atoms with Crippen LogP contribution in [0.4, 0.5) is 0 Å². The minimum absolute atomic E-state index is 0.0103. The van der Waals surface area contributed by atoms with Crippen LogP contribution in [0.15, 0.2) is 48.7 Å². The van der Waals surface area contributed by atoms with Crippen molar-refractivity contribution < 1.29 is 9.53 Å². The zero-order valence-corrected chi connectivity index (χ0v) is 13.0. The predicted molar refractivity (Wildman–Crippen MR) is 89.0 cm³/mol. The molecule has 3 nitrogen and oxygen atoms in total. The molecule has 3 rings (SSSR count). The molecule has 0 bridgehead atoms. The number of rotatable bonds is 5. The Morgan fingerprint density at radius 1 is 1.23 bits per heavy atom. The molecule has 0 saturated heterocycles. The Bertz CT molecular complexity index is 823. The summed E-state index contributed by atoms with van der Waals surface area (Å²) in [5.74, 6) is 0.536. The van der Waals surface area contributed by atoms with Crippen molar-refractivity contribution in [3.8, 4) is 5.75 Å². The fourth-order valence-electron chi connectivity index (χ4n) is 2.53. The van der Waals surface area contributed by atoms with Crippen molar-refractivity contribution in [3.63, 3.8) is 0 Å². The van der Waals surface area contributed by atoms with Gasteiger partial charge in [0.2, 0.25) is 5.78 Å². The standard InChI is InChI=1S/C18H16ClNO2/c1-2-12-5-3-8-15-16(10-20-18(12)15)17(21)11-22-14-7-4-6-13(19)9-14/h3-10,20H,2,11H2,1H3. The number of H-pyrrole nitrogens is 1. The second kappa shape index (κ2) is 6.24. The van der Waals surface area contributed by atoms with E-state index < -0.39 is 0 Å². The van der Waals surface area contributed by atoms with Gasteiger partial charge in [0.15, 0.2) is 6.61 Å². The number of aromatic nitrogens is 1. The fraction of sp³-hybridized carbons (Fsp3) is 0.167. The molecule has 0 aliphatic heterocycles. The molecule has 0 radical (unpaired) electrons. The number of ether oxygens (including phenoxy) is 1. The van der Waals surface area contributed by atoms with E-state index in [2.05, 4.69) is 18.0 Å². The Kier molecular flexibility index (Phi) is 4.16. The van der Waals surface area contributed by atoms with E-state index in [1.54, 1.807) is 30.5 Å². The number of Topliss-reactive ketones (excluding diaryl/α,β-unsaturated/α-hetero) is 1. The van der Waals surface area contributed by atoms with Gasteiger partial charge in [-0.05, 0) is 30.2 Å². The van der Waals surface area contributed by atoms with Crippen LogP contribution in [0.3, 0.4) is 0 Å². The van der Waals surface area contributed by atoms with E-state index in [4.69, 9.17) is 16.3 Å². The zero-order valence-electron chi connectivity index (χ0n) is 12.2. The molecular formula is C18H16ClNO2. The maximum atomic E-state index is 12.4. The molecule has 4 heteroatoms. The highest BCUT2D eigenvalue weighted by atomic mass is 35.5. The Balaban J connectivity index is 1.81. The summed E-state index contributed by atoms with van der Waals surface area (Å²) in [6, 6.07) is 13.0. The third-order valence-electron chi connectivity index (χ3n) is 3.65. The normalized spacial score (nSPS) is 10.8. The van der Waals surface area contributed by atoms with Crippen LogP contribution >= 0.6 is 11.6 Å². The van der Waals surface area contributed by atoms with E-state index in [0.29, 0.717) is 16.3 Å². The number of hydrogen-bond acceptors (Lipinski definition) is 2. The lowest BCUT2D eigenvalue weighted by Crippen LogP contribution is -2.11. The van der Waals surface area contributed by atoms with Crippen LogP contribution in [0.5, 0.6) is 5.75 Å². The van der Waals surface area contributed by atoms with Gasteiger partial charge in [0.1, 0.15) is 5.75 Å². The molecule has 1 heterocycles. The molecule has 112 valence electrons. The summed E-state index contributed by atoms with van der Waals surface area (Å²) in [4.78, 5) is 15.6. The number of ketones is 1. The third-order valence-corrected chi connectivity index (χ3v) is 3.88. The number of carbonyl (C=O) groups is 1. The van der Waals surface area contributed by atoms with Gasteiger partial charge in [0.05, 0.1) is 0 Å². The molecule has 3 aromatic rings. The topological polar surface area (TPSA) is 42.1 Å². The first-order valence-electron chi connectivity index (χ1n) is 7.19. The molecule has 0 aliphatic carbocycles. The number of para-hydroxylation sites is 1. The van der Waals surface area contributed by atoms with Crippen molar-refractivity contribution in [1.29, 1.82) is 0 Å². The molecule has 0 saturated carbocycles. The van der Waals surface area contributed by atoms with Gasteiger partial charge < -0.3 is 9.72 Å². The van der Waals surface area contributed by atoms with Gasteiger partial charge in [-0.1, -0.05) is 42.8 Å². The van der Waals surface area contributed by atoms with Crippen LogP contribution in [-0.4, -0.2) is 17.4 Å². The van der Waals surface area contributed by atoms with E-state index in [1.807, 2.05) is 12.1 Å². The van der Waals surface area contributed by atoms with E-state index in [-0.39, 0.29) is 12.4 Å². The van der Waals surface area contributed by atoms with Gasteiger partial charge in [-0.2, -0.15) is 0 Å². The second-order valence-corrected chi connectivity index (χ2v) is 5.50. The average molecular weight is 314 g/mol. The monoisotopic (exact) mass is 313 g/mol. The third kappa shape index (κ3) is 2.85. The predicted octanol–water partition coefficient (Wildman–Crippen LogP) is 4.65. The first-order valence-corrected chi connectivity index (χ1v) is 7.57. The largest absolute Gasteiger partial charge is 0.485 e. The number of fused-ring (bicyclic) bond motifs is 1. The number of carbonyl (C=O) groups excluding carboxylic acids is 1. The van der Waals surface area contributed by atoms with Crippen molar-refractivity contribution in [2.24, 2.45) is 0 Å². The van der Waals surface area contributed by atoms with Crippen LogP contribution < -0.4 is 4.74 Å². The Morgan fingerprint density at radius 3 is 2.82 bits per heavy atom. The molecule has 0 atom stereocenters. The molecule has 1 aromatic heterocycles. The summed E-state index contributed by atoms with van der Waals surface area (Å²) < 4.78 is 5.53. The fourth-order valence-corrected chi connectivity index (χ4v) is 2.71. The van der Waals surface area contributed by atoms with E-state index in [1.165, 1.54) is 5.56 Å². The van der Waals surface area contributed by atoms with Gasteiger partial charge in [0, 0.05) is 27.7 Å². The van der Waals surface area contributed by atoms with Crippen molar-refractivity contribution >= 4 is 28.3 Å². The summed E-state index contributed by atoms with van der Waals surface area (Å²) in [6.07, 6.45) is 2.68. The SMILES string of the molecule is CCc1cccc2c(C(=O)COc3cccc(Cl)c3)c[nH]c12. The van der Waals surface area contributed by atoms with Gasteiger partial charge in [-0.15, -0.1) is 0 Å². The summed E-state index contributed by atoms with van der Waals surface area (Å²) in [6.45, 7) is 2.09. The highest BCUT2D eigenvalue weighted by molar-refractivity contribution is 6.30. The molecule has 0 aliphatic rings. The average Bonchev–Trinajstić information content (AvgIpc) is 2.96. The maximum Gasteiger partial charge on any atom is 0.202 e. The summed E-state index contributed by atoms with van der Waals surface area (Å²) >= 11 is 5.90. The lowest BCUT2D eigenvalue weighted by Gasteiger charge is -2.05. The van der Waals surface area contributed by atoms with Crippen molar-refractivity contribution in [2.75, 3.05) is 6.61 Å². The lowest BCUT2D eigenvalue weighted by molar-refractivity contribution is 0.0923. The maximum absolute atomic E-state index is 12.4. The van der Waals surface area contributed by atoms with Crippen LogP contribution in [0.1, 0.15) is 22.8 Å². The number of nitrogens with one attached hydrogen (secondary N) is 1. The minimum atomic E-state index is -0.0560. The Hall–Kier alpha value is -2.26. The Morgan fingerprint density at radius 2 is 2.05 bits per heavy atom. The number of hydrogen-bond donors (Lipinski definition) is 1. The minimum Gasteiger partial charge on any atom is -0.485 e. The van der Waals surface area contributed by atoms with E-state index in [9.17, 15) is 4.79 Å². The summed E-state index contributed by atoms with van der Waals surface area (Å²) in [5, 5.41) is 1.53. The molecule has 1 N–H and O–H groups in total. The van der Waals surface area contributed by atoms with Crippen LogP contribution in [-0.2, 0) is 6.42 Å². The van der Waals surface area contributed by atoms with Crippen LogP contribution in [0.25, 0.3) is 10.9 Å². The number of halogens is 1. The number of benzene rings is 2. The highest BCUT2D eigenvalue weighted by Crippen LogP contribution is 2.23. The van der Waals surface area contributed by atoms with Gasteiger partial charge in [0.25, 0.3) is 0 Å². The Labute approximate surface area is 133 Å². The molecule has 0 spiro atoms. The van der Waals surface area contributed by atoms with E-state index >= 15 is 0 Å². The highest BCUT2D eigenvalue weighted by Gasteiger charge is 2.14. The van der Waals surface area contributed by atoms with Crippen molar-refractivity contribution in [2.45, 2.75) is 13.3 Å². The first kappa shape index (κ1) is 14.7. The molecule has 0 amide bonds. The van der Waals surface area contributed by atoms with Crippen LogP contribution in [0, 0.1) is 0 Å². The molecule has 2 aromatic carbocycles. The molecule has 22 heavy (non-hydrogen) atoms. The van der Waals surface area contributed by atoms with Gasteiger partial charge >= 0.3 is 0 Å².